The maximum Gasteiger partial charge on any atom is 0.434 e. The molecule has 0 amide bonds. The molecule has 1 aromatic carbocycles. The maximum absolute atomic E-state index is 12.9. The van der Waals surface area contributed by atoms with Crippen molar-refractivity contribution in [2.75, 3.05) is 11.9 Å². The molecule has 3 atom stereocenters. The predicted octanol–water partition coefficient (Wildman–Crippen LogP) is 3.10. The number of rotatable bonds is 4. The number of carbonyl (C=O) groups excluding carboxylic acids is 1. The van der Waals surface area contributed by atoms with Gasteiger partial charge in [0.25, 0.3) is 0 Å². The lowest BCUT2D eigenvalue weighted by Gasteiger charge is -2.35. The molecule has 1 aromatic heterocycles. The van der Waals surface area contributed by atoms with E-state index in [1.165, 1.54) is 0 Å². The first-order valence-corrected chi connectivity index (χ1v) is 8.75. The molecule has 2 N–H and O–H groups in total. The summed E-state index contributed by atoms with van der Waals surface area (Å²) in [4.78, 5) is 18.9. The van der Waals surface area contributed by atoms with Crippen molar-refractivity contribution >= 4 is 11.6 Å². The molecule has 0 aliphatic carbocycles. The number of ether oxygens (including phenoxy) is 1. The van der Waals surface area contributed by atoms with E-state index >= 15 is 0 Å². The van der Waals surface area contributed by atoms with Crippen LogP contribution in [0.15, 0.2) is 36.7 Å². The van der Waals surface area contributed by atoms with Crippen molar-refractivity contribution in [3.63, 3.8) is 0 Å². The van der Waals surface area contributed by atoms with Gasteiger partial charge in [-0.3, -0.25) is 9.78 Å². The van der Waals surface area contributed by atoms with Gasteiger partial charge in [0, 0.05) is 0 Å². The number of halogens is 3. The number of aliphatic hydroxyl groups is 1. The second-order valence-electron chi connectivity index (χ2n) is 6.92. The number of benzene rings is 1. The smallest absolute Gasteiger partial charge is 0.383 e. The van der Waals surface area contributed by atoms with E-state index in [2.05, 4.69) is 15.3 Å². The molecular weight excluding hydrogens is 375 g/mol. The van der Waals surface area contributed by atoms with E-state index in [1.807, 2.05) is 38.1 Å². The third-order valence-electron chi connectivity index (χ3n) is 4.57. The molecule has 2 aromatic rings. The summed E-state index contributed by atoms with van der Waals surface area (Å²) in [6, 6.07) is 6.44. The summed E-state index contributed by atoms with van der Waals surface area (Å²) < 4.78 is 44.2. The van der Waals surface area contributed by atoms with Gasteiger partial charge in [0.2, 0.25) is 0 Å². The Morgan fingerprint density at radius 2 is 1.89 bits per heavy atom. The number of Topliss-reactive ketones (excluding diaryl/α,β-unsaturated/α-hetero) is 1. The number of alkyl halides is 3. The lowest BCUT2D eigenvalue weighted by molar-refractivity contribution is -0.146. The van der Waals surface area contributed by atoms with Gasteiger partial charge in [0.1, 0.15) is 24.6 Å². The van der Waals surface area contributed by atoms with Crippen LogP contribution in [0, 0.1) is 0 Å². The van der Waals surface area contributed by atoms with Crippen LogP contribution in [0.1, 0.15) is 42.7 Å². The van der Waals surface area contributed by atoms with Gasteiger partial charge in [-0.25, -0.2) is 4.98 Å². The number of aromatic nitrogens is 2. The molecule has 1 aliphatic rings. The normalized spacial score (nSPS) is 23.1. The zero-order valence-electron chi connectivity index (χ0n) is 15.3. The van der Waals surface area contributed by atoms with E-state index in [9.17, 15) is 23.1 Å². The van der Waals surface area contributed by atoms with Crippen LogP contribution in [0.5, 0.6) is 0 Å². The van der Waals surface area contributed by atoms with Gasteiger partial charge in [-0.1, -0.05) is 38.1 Å². The SMILES string of the molecule is CC(C)c1ccc([C@H]2OCC(=O)[C@H](O)[C@H]2Nc2cncc(C(F)(F)F)n2)cc1. The molecule has 3 rings (SSSR count). The minimum atomic E-state index is -4.66. The number of carbonyl (C=O) groups is 1. The van der Waals surface area contributed by atoms with Crippen LogP contribution in [0.2, 0.25) is 0 Å². The third kappa shape index (κ3) is 4.31. The van der Waals surface area contributed by atoms with Crippen molar-refractivity contribution in [1.29, 1.82) is 0 Å². The van der Waals surface area contributed by atoms with Crippen LogP contribution in [-0.2, 0) is 15.7 Å². The molecule has 1 fully saturated rings. The molecule has 28 heavy (non-hydrogen) atoms. The number of nitrogens with one attached hydrogen (secondary N) is 1. The van der Waals surface area contributed by atoms with Crippen LogP contribution < -0.4 is 5.32 Å². The highest BCUT2D eigenvalue weighted by Crippen LogP contribution is 2.32. The number of aliphatic hydroxyl groups excluding tert-OH is 1. The summed E-state index contributed by atoms with van der Waals surface area (Å²) in [5.74, 6) is -0.448. The van der Waals surface area contributed by atoms with E-state index in [0.29, 0.717) is 17.7 Å². The Balaban J connectivity index is 1.89. The lowest BCUT2D eigenvalue weighted by Crippen LogP contribution is -2.50. The zero-order valence-corrected chi connectivity index (χ0v) is 15.3. The van der Waals surface area contributed by atoms with Crippen molar-refractivity contribution in [3.8, 4) is 0 Å². The van der Waals surface area contributed by atoms with Crippen LogP contribution in [0.3, 0.4) is 0 Å². The van der Waals surface area contributed by atoms with Crippen molar-refractivity contribution in [2.24, 2.45) is 0 Å². The van der Waals surface area contributed by atoms with E-state index in [0.717, 1.165) is 11.8 Å². The van der Waals surface area contributed by atoms with Crippen LogP contribution in [0.4, 0.5) is 19.0 Å². The maximum atomic E-state index is 12.9. The van der Waals surface area contributed by atoms with Crippen LogP contribution >= 0.6 is 0 Å². The third-order valence-corrected chi connectivity index (χ3v) is 4.57. The fourth-order valence-corrected chi connectivity index (χ4v) is 3.00. The highest BCUT2D eigenvalue weighted by atomic mass is 19.4. The molecule has 1 aliphatic heterocycles. The van der Waals surface area contributed by atoms with E-state index < -0.39 is 35.9 Å². The molecule has 9 heteroatoms. The Morgan fingerprint density at radius 1 is 1.21 bits per heavy atom. The summed E-state index contributed by atoms with van der Waals surface area (Å²) in [5.41, 5.74) is 0.616. The number of anilines is 1. The largest absolute Gasteiger partial charge is 0.434 e. The summed E-state index contributed by atoms with van der Waals surface area (Å²) >= 11 is 0. The molecule has 6 nitrogen and oxygen atoms in total. The van der Waals surface area contributed by atoms with Crippen molar-refractivity contribution < 1.29 is 27.8 Å². The summed E-state index contributed by atoms with van der Waals surface area (Å²) in [7, 11) is 0. The van der Waals surface area contributed by atoms with Crippen LogP contribution in [-0.4, -0.2) is 39.6 Å². The number of hydrogen-bond donors (Lipinski definition) is 2. The molecule has 0 spiro atoms. The van der Waals surface area contributed by atoms with Gasteiger partial charge < -0.3 is 15.2 Å². The minimum Gasteiger partial charge on any atom is -0.383 e. The van der Waals surface area contributed by atoms with Gasteiger partial charge in [-0.15, -0.1) is 0 Å². The molecule has 0 unspecified atom stereocenters. The number of hydrogen-bond acceptors (Lipinski definition) is 6. The summed E-state index contributed by atoms with van der Waals surface area (Å²) in [6.45, 7) is 3.81. The number of ketones is 1. The first-order valence-electron chi connectivity index (χ1n) is 8.75. The second-order valence-corrected chi connectivity index (χ2v) is 6.92. The van der Waals surface area contributed by atoms with E-state index in [1.54, 1.807) is 0 Å². The average molecular weight is 395 g/mol. The molecule has 150 valence electrons. The fraction of sp³-hybridized carbons (Fsp3) is 0.421. The topological polar surface area (TPSA) is 84.3 Å². The van der Waals surface area contributed by atoms with Gasteiger partial charge >= 0.3 is 6.18 Å². The fourth-order valence-electron chi connectivity index (χ4n) is 3.00. The molecule has 0 bridgehead atoms. The Morgan fingerprint density at radius 3 is 2.50 bits per heavy atom. The average Bonchev–Trinajstić information content (AvgIpc) is 2.65. The monoisotopic (exact) mass is 395 g/mol. The second kappa shape index (κ2) is 7.84. The van der Waals surface area contributed by atoms with Gasteiger partial charge in [0.05, 0.1) is 18.4 Å². The van der Waals surface area contributed by atoms with Crippen molar-refractivity contribution in [3.05, 3.63) is 53.5 Å². The Kier molecular flexibility index (Phi) is 5.66. The van der Waals surface area contributed by atoms with Crippen molar-refractivity contribution in [1.82, 2.24) is 9.97 Å². The first-order chi connectivity index (χ1) is 13.2. The van der Waals surface area contributed by atoms with Crippen LogP contribution in [0.25, 0.3) is 0 Å². The standard InChI is InChI=1S/C19H20F3N3O3/c1-10(2)11-3-5-12(6-4-11)18-16(17(27)13(26)9-28-18)25-15-8-23-7-14(24-15)19(20,21)22/h3-8,10,16-18,27H,9H2,1-2H3,(H,24,25)/t16-,17+,18-/m1/s1. The quantitative estimate of drug-likeness (QED) is 0.828. The highest BCUT2D eigenvalue weighted by molar-refractivity contribution is 5.86. The van der Waals surface area contributed by atoms with Crippen molar-refractivity contribution in [2.45, 2.75) is 44.2 Å². The first kappa shape index (κ1) is 20.2. The Labute approximate surface area is 159 Å². The zero-order chi connectivity index (χ0) is 20.5. The molecule has 1 saturated heterocycles. The molecule has 0 saturated carbocycles. The summed E-state index contributed by atoms with van der Waals surface area (Å²) in [5, 5.41) is 13.0. The minimum absolute atomic E-state index is 0.207. The molecular formula is C19H20F3N3O3. The van der Waals surface area contributed by atoms with Gasteiger partial charge in [-0.2, -0.15) is 13.2 Å². The highest BCUT2D eigenvalue weighted by Gasteiger charge is 2.40. The van der Waals surface area contributed by atoms with Gasteiger partial charge in [0.15, 0.2) is 11.5 Å². The van der Waals surface area contributed by atoms with E-state index in [-0.39, 0.29) is 12.4 Å². The Bertz CT molecular complexity index is 840. The predicted molar refractivity (Wildman–Crippen MR) is 94.7 cm³/mol. The molecule has 2 heterocycles. The number of nitrogens with zero attached hydrogens (tertiary/aromatic N) is 2. The Hall–Kier alpha value is -2.52. The van der Waals surface area contributed by atoms with E-state index in [4.69, 9.17) is 4.74 Å². The lowest BCUT2D eigenvalue weighted by atomic mass is 9.91. The molecule has 0 radical (unpaired) electrons. The summed E-state index contributed by atoms with van der Waals surface area (Å²) in [6.07, 6.45) is -5.16. The van der Waals surface area contributed by atoms with Gasteiger partial charge in [-0.05, 0) is 17.0 Å².